The highest BCUT2D eigenvalue weighted by atomic mass is 16.5. The Labute approximate surface area is 118 Å². The molecule has 1 saturated carbocycles. The van der Waals surface area contributed by atoms with E-state index in [1.54, 1.807) is 12.4 Å². The predicted octanol–water partition coefficient (Wildman–Crippen LogP) is 2.83. The maximum absolute atomic E-state index is 9.47. The maximum Gasteiger partial charge on any atom is 0.316 e. The number of aromatic nitrogens is 2. The molecule has 20 heavy (non-hydrogen) atoms. The van der Waals surface area contributed by atoms with Crippen LogP contribution in [0.25, 0.3) is 11.1 Å². The summed E-state index contributed by atoms with van der Waals surface area (Å²) in [5, 5.41) is 9.47. The van der Waals surface area contributed by atoms with Crippen LogP contribution >= 0.6 is 0 Å². The molecule has 1 aromatic heterocycles. The van der Waals surface area contributed by atoms with Gasteiger partial charge in [-0.15, -0.1) is 0 Å². The first-order valence-corrected chi connectivity index (χ1v) is 7.03. The topological polar surface area (TPSA) is 55.2 Å². The fourth-order valence-electron chi connectivity index (χ4n) is 2.47. The molecule has 1 aliphatic rings. The standard InChI is InChI=1S/C16H18N2O2/c19-14-6-8-15(9-7-14)20-16-17-10-13(11-18-16)12-4-2-1-3-5-12/h1-5,10-11,14-15,19H,6-9H2/t14-,15-. The molecule has 1 aromatic carbocycles. The molecule has 104 valence electrons. The van der Waals surface area contributed by atoms with Gasteiger partial charge in [-0.05, 0) is 31.2 Å². The van der Waals surface area contributed by atoms with Crippen molar-refractivity contribution in [2.75, 3.05) is 0 Å². The molecule has 0 bridgehead atoms. The van der Waals surface area contributed by atoms with E-state index in [0.717, 1.165) is 36.8 Å². The normalized spacial score (nSPS) is 22.4. The molecule has 0 aliphatic heterocycles. The van der Waals surface area contributed by atoms with Crippen molar-refractivity contribution in [1.29, 1.82) is 0 Å². The van der Waals surface area contributed by atoms with Crippen LogP contribution in [-0.2, 0) is 0 Å². The summed E-state index contributed by atoms with van der Waals surface area (Å²) < 4.78 is 5.76. The van der Waals surface area contributed by atoms with E-state index in [-0.39, 0.29) is 12.2 Å². The van der Waals surface area contributed by atoms with E-state index in [1.807, 2.05) is 30.3 Å². The van der Waals surface area contributed by atoms with Crippen LogP contribution in [0.1, 0.15) is 25.7 Å². The van der Waals surface area contributed by atoms with Crippen LogP contribution in [0.4, 0.5) is 0 Å². The van der Waals surface area contributed by atoms with Crippen LogP contribution in [0, 0.1) is 0 Å². The lowest BCUT2D eigenvalue weighted by Gasteiger charge is -2.25. The summed E-state index contributed by atoms with van der Waals surface area (Å²) in [6, 6.07) is 10.5. The van der Waals surface area contributed by atoms with Crippen LogP contribution in [0.15, 0.2) is 42.7 Å². The van der Waals surface area contributed by atoms with Crippen molar-refractivity contribution in [3.8, 4) is 17.1 Å². The first-order valence-electron chi connectivity index (χ1n) is 7.03. The van der Waals surface area contributed by atoms with Crippen molar-refractivity contribution in [2.24, 2.45) is 0 Å². The third-order valence-corrected chi connectivity index (χ3v) is 3.65. The average Bonchev–Trinajstić information content (AvgIpc) is 2.51. The fraction of sp³-hybridized carbons (Fsp3) is 0.375. The van der Waals surface area contributed by atoms with Gasteiger partial charge in [-0.25, -0.2) is 9.97 Å². The number of nitrogens with zero attached hydrogens (tertiary/aromatic N) is 2. The molecule has 1 aliphatic carbocycles. The van der Waals surface area contributed by atoms with Gasteiger partial charge in [-0.1, -0.05) is 30.3 Å². The molecule has 1 heterocycles. The summed E-state index contributed by atoms with van der Waals surface area (Å²) >= 11 is 0. The molecule has 0 radical (unpaired) electrons. The van der Waals surface area contributed by atoms with Crippen LogP contribution in [0.2, 0.25) is 0 Å². The summed E-state index contributed by atoms with van der Waals surface area (Å²) in [4.78, 5) is 8.54. The van der Waals surface area contributed by atoms with Gasteiger partial charge in [0.05, 0.1) is 6.10 Å². The Balaban J connectivity index is 1.65. The summed E-state index contributed by atoms with van der Waals surface area (Å²) in [5.74, 6) is 0. The molecule has 2 aromatic rings. The first-order chi connectivity index (χ1) is 9.81. The number of rotatable bonds is 3. The van der Waals surface area contributed by atoms with Gasteiger partial charge in [0, 0.05) is 18.0 Å². The van der Waals surface area contributed by atoms with E-state index in [2.05, 4.69) is 9.97 Å². The van der Waals surface area contributed by atoms with Crippen LogP contribution in [-0.4, -0.2) is 27.3 Å². The highest BCUT2D eigenvalue weighted by Crippen LogP contribution is 2.23. The van der Waals surface area contributed by atoms with Crippen molar-refractivity contribution < 1.29 is 9.84 Å². The number of benzene rings is 1. The number of aliphatic hydroxyl groups is 1. The summed E-state index contributed by atoms with van der Waals surface area (Å²) in [6.45, 7) is 0. The molecule has 4 nitrogen and oxygen atoms in total. The zero-order valence-electron chi connectivity index (χ0n) is 11.3. The Morgan fingerprint density at radius 2 is 1.55 bits per heavy atom. The Kier molecular flexibility index (Phi) is 3.92. The van der Waals surface area contributed by atoms with E-state index in [4.69, 9.17) is 4.74 Å². The van der Waals surface area contributed by atoms with Gasteiger partial charge in [0.25, 0.3) is 0 Å². The quantitative estimate of drug-likeness (QED) is 0.931. The Hall–Kier alpha value is -1.94. The van der Waals surface area contributed by atoms with Gasteiger partial charge >= 0.3 is 6.01 Å². The molecular weight excluding hydrogens is 252 g/mol. The summed E-state index contributed by atoms with van der Waals surface area (Å²) in [5.41, 5.74) is 2.08. The highest BCUT2D eigenvalue weighted by Gasteiger charge is 2.21. The Bertz CT molecular complexity index is 534. The van der Waals surface area contributed by atoms with Gasteiger partial charge in [0.2, 0.25) is 0 Å². The second-order valence-corrected chi connectivity index (χ2v) is 5.17. The third kappa shape index (κ3) is 3.14. The van der Waals surface area contributed by atoms with Crippen LogP contribution < -0.4 is 4.74 Å². The van der Waals surface area contributed by atoms with Crippen molar-refractivity contribution >= 4 is 0 Å². The molecular formula is C16H18N2O2. The molecule has 0 atom stereocenters. The van der Waals surface area contributed by atoms with E-state index < -0.39 is 0 Å². The lowest BCUT2D eigenvalue weighted by Crippen LogP contribution is -2.27. The SMILES string of the molecule is O[C@H]1CC[C@H](Oc2ncc(-c3ccccc3)cn2)CC1. The highest BCUT2D eigenvalue weighted by molar-refractivity contribution is 5.61. The molecule has 0 unspecified atom stereocenters. The second kappa shape index (κ2) is 6.01. The molecule has 0 spiro atoms. The van der Waals surface area contributed by atoms with Crippen molar-refractivity contribution in [3.05, 3.63) is 42.7 Å². The number of hydrogen-bond donors (Lipinski definition) is 1. The van der Waals surface area contributed by atoms with Crippen molar-refractivity contribution in [2.45, 2.75) is 37.9 Å². The number of ether oxygens (including phenoxy) is 1. The van der Waals surface area contributed by atoms with Crippen LogP contribution in [0.5, 0.6) is 6.01 Å². The smallest absolute Gasteiger partial charge is 0.316 e. The number of aliphatic hydroxyl groups excluding tert-OH is 1. The van der Waals surface area contributed by atoms with Crippen molar-refractivity contribution in [3.63, 3.8) is 0 Å². The fourth-order valence-corrected chi connectivity index (χ4v) is 2.47. The Morgan fingerprint density at radius 1 is 0.900 bits per heavy atom. The zero-order chi connectivity index (χ0) is 13.8. The monoisotopic (exact) mass is 270 g/mol. The molecule has 1 fully saturated rings. The average molecular weight is 270 g/mol. The van der Waals surface area contributed by atoms with Crippen LogP contribution in [0.3, 0.4) is 0 Å². The van der Waals surface area contributed by atoms with E-state index in [0.29, 0.717) is 6.01 Å². The molecule has 1 N–H and O–H groups in total. The molecule has 0 amide bonds. The molecule has 4 heteroatoms. The minimum Gasteiger partial charge on any atom is -0.460 e. The third-order valence-electron chi connectivity index (χ3n) is 3.65. The lowest BCUT2D eigenvalue weighted by molar-refractivity contribution is 0.0618. The zero-order valence-corrected chi connectivity index (χ0v) is 11.3. The molecule has 3 rings (SSSR count). The predicted molar refractivity (Wildman–Crippen MR) is 76.4 cm³/mol. The molecule has 0 saturated heterocycles. The minimum atomic E-state index is -0.170. The first kappa shape index (κ1) is 13.1. The number of hydrogen-bond acceptors (Lipinski definition) is 4. The maximum atomic E-state index is 9.47. The van der Waals surface area contributed by atoms with Gasteiger partial charge in [0.15, 0.2) is 0 Å². The van der Waals surface area contributed by atoms with Crippen molar-refractivity contribution in [1.82, 2.24) is 9.97 Å². The Morgan fingerprint density at radius 3 is 2.20 bits per heavy atom. The van der Waals surface area contributed by atoms with Gasteiger partial charge < -0.3 is 9.84 Å². The largest absolute Gasteiger partial charge is 0.460 e. The van der Waals surface area contributed by atoms with E-state index >= 15 is 0 Å². The summed E-state index contributed by atoms with van der Waals surface area (Å²) in [6.07, 6.45) is 6.86. The minimum absolute atomic E-state index is 0.126. The summed E-state index contributed by atoms with van der Waals surface area (Å²) in [7, 11) is 0. The van der Waals surface area contributed by atoms with Gasteiger partial charge in [-0.3, -0.25) is 0 Å². The second-order valence-electron chi connectivity index (χ2n) is 5.17. The van der Waals surface area contributed by atoms with E-state index in [1.165, 1.54) is 0 Å². The lowest BCUT2D eigenvalue weighted by atomic mass is 9.95. The van der Waals surface area contributed by atoms with E-state index in [9.17, 15) is 5.11 Å². The van der Waals surface area contributed by atoms with Gasteiger partial charge in [0.1, 0.15) is 6.10 Å². The van der Waals surface area contributed by atoms with Gasteiger partial charge in [-0.2, -0.15) is 0 Å².